The quantitative estimate of drug-likeness (QED) is 0.161. The summed E-state index contributed by atoms with van der Waals surface area (Å²) in [6.45, 7) is 6.74. The molecule has 0 atom stereocenters. The molecule has 1 aliphatic rings. The molecule has 2 aromatic carbocycles. The van der Waals surface area contributed by atoms with Crippen LogP contribution in [0.3, 0.4) is 0 Å². The Balaban J connectivity index is 1.45. The van der Waals surface area contributed by atoms with Crippen molar-refractivity contribution in [2.45, 2.75) is 110 Å². The van der Waals surface area contributed by atoms with Crippen LogP contribution in [0.5, 0.6) is 5.75 Å². The maximum absolute atomic E-state index is 12.9. The summed E-state index contributed by atoms with van der Waals surface area (Å²) in [5.74, 6) is 1.33. The normalized spacial score (nSPS) is 17.6. The van der Waals surface area contributed by atoms with E-state index < -0.39 is 0 Å². The van der Waals surface area contributed by atoms with Crippen LogP contribution in [0.15, 0.2) is 42.5 Å². The second-order valence-corrected chi connectivity index (χ2v) is 11.1. The Hall–Kier alpha value is -2.60. The molecule has 1 saturated carbocycles. The zero-order valence-corrected chi connectivity index (χ0v) is 22.7. The molecule has 0 aliphatic heterocycles. The average molecular weight is 488 g/mol. The van der Waals surface area contributed by atoms with Crippen molar-refractivity contribution in [3.05, 3.63) is 64.7 Å². The third-order valence-electron chi connectivity index (χ3n) is 7.60. The van der Waals surface area contributed by atoms with Crippen LogP contribution in [-0.2, 0) is 17.6 Å². The first kappa shape index (κ1) is 28.0. The van der Waals surface area contributed by atoms with E-state index in [9.17, 15) is 10.1 Å². The summed E-state index contributed by atoms with van der Waals surface area (Å²) in [5, 5.41) is 9.65. The summed E-state index contributed by atoms with van der Waals surface area (Å²) < 4.78 is 5.74. The lowest BCUT2D eigenvalue weighted by Crippen LogP contribution is -2.25. The molecule has 194 valence electrons. The van der Waals surface area contributed by atoms with Gasteiger partial charge in [0.15, 0.2) is 0 Å². The van der Waals surface area contributed by atoms with Crippen LogP contribution in [0.2, 0.25) is 0 Å². The Kier molecular flexibility index (Phi) is 11.5. The largest absolute Gasteiger partial charge is 0.425 e. The molecular weight excluding hydrogens is 442 g/mol. The third kappa shape index (κ3) is 8.81. The zero-order chi connectivity index (χ0) is 25.8. The lowest BCUT2D eigenvalue weighted by atomic mass is 9.78. The maximum atomic E-state index is 12.9. The highest BCUT2D eigenvalue weighted by Gasteiger charge is 2.29. The molecule has 2 aromatic rings. The van der Waals surface area contributed by atoms with Gasteiger partial charge in [0, 0.05) is 0 Å². The Labute approximate surface area is 219 Å². The zero-order valence-electron chi connectivity index (χ0n) is 22.7. The number of unbranched alkanes of at least 4 members (excludes halogenated alkanes) is 6. The van der Waals surface area contributed by atoms with E-state index in [-0.39, 0.29) is 11.9 Å². The highest BCUT2D eigenvalue weighted by Crippen LogP contribution is 2.37. The fraction of sp³-hybridized carbons (Fsp3) is 0.576. The van der Waals surface area contributed by atoms with E-state index in [2.05, 4.69) is 51.1 Å². The van der Waals surface area contributed by atoms with Gasteiger partial charge in [-0.25, -0.2) is 0 Å². The summed E-state index contributed by atoms with van der Waals surface area (Å²) in [6, 6.07) is 17.0. The Bertz CT molecular complexity index is 978. The number of carbonyl (C=O) groups is 1. The molecule has 0 aromatic heterocycles. The predicted molar refractivity (Wildman–Crippen MR) is 148 cm³/mol. The minimum absolute atomic E-state index is 0.0830. The van der Waals surface area contributed by atoms with Crippen molar-refractivity contribution in [1.82, 2.24) is 0 Å². The van der Waals surface area contributed by atoms with Crippen molar-refractivity contribution < 1.29 is 9.53 Å². The number of ether oxygens (including phenoxy) is 1. The first-order valence-corrected chi connectivity index (χ1v) is 14.3. The summed E-state index contributed by atoms with van der Waals surface area (Å²) in [5.41, 5.74) is 4.41. The van der Waals surface area contributed by atoms with E-state index in [4.69, 9.17) is 4.74 Å². The van der Waals surface area contributed by atoms with E-state index in [1.54, 1.807) is 0 Å². The van der Waals surface area contributed by atoms with Crippen molar-refractivity contribution in [1.29, 1.82) is 5.26 Å². The number of benzene rings is 2. The standard InChI is InChI=1S/C33H45NO2/c1-4-5-6-7-8-9-10-11-26-14-21-32(31(23-26)24-34)36-33(35)30-19-17-29(18-20-30)28-15-12-27(13-16-28)22-25(2)3/h12-16,21,23,25,29-30H,4-11,17-20,22H2,1-3H3. The molecule has 0 saturated heterocycles. The summed E-state index contributed by atoms with van der Waals surface area (Å²) in [4.78, 5) is 12.9. The average Bonchev–Trinajstić information content (AvgIpc) is 2.89. The SMILES string of the molecule is CCCCCCCCCc1ccc(OC(=O)C2CCC(c3ccc(CC(C)C)cc3)CC2)c(C#N)c1. The van der Waals surface area contributed by atoms with Gasteiger partial charge in [-0.2, -0.15) is 5.26 Å². The van der Waals surface area contributed by atoms with Gasteiger partial charge in [0.1, 0.15) is 11.8 Å². The summed E-state index contributed by atoms with van der Waals surface area (Å²) in [6.07, 6.45) is 14.7. The van der Waals surface area contributed by atoms with Gasteiger partial charge in [-0.15, -0.1) is 0 Å². The molecule has 3 heteroatoms. The maximum Gasteiger partial charge on any atom is 0.314 e. The molecule has 0 unspecified atom stereocenters. The highest BCUT2D eigenvalue weighted by atomic mass is 16.5. The van der Waals surface area contributed by atoms with E-state index in [1.807, 2.05) is 18.2 Å². The van der Waals surface area contributed by atoms with Crippen molar-refractivity contribution in [2.24, 2.45) is 11.8 Å². The molecule has 36 heavy (non-hydrogen) atoms. The topological polar surface area (TPSA) is 50.1 Å². The first-order valence-electron chi connectivity index (χ1n) is 14.3. The van der Waals surface area contributed by atoms with Gasteiger partial charge < -0.3 is 4.74 Å². The van der Waals surface area contributed by atoms with Gasteiger partial charge in [-0.05, 0) is 85.6 Å². The summed E-state index contributed by atoms with van der Waals surface area (Å²) >= 11 is 0. The highest BCUT2D eigenvalue weighted by molar-refractivity contribution is 5.76. The summed E-state index contributed by atoms with van der Waals surface area (Å²) in [7, 11) is 0. The number of esters is 1. The minimum atomic E-state index is -0.183. The second kappa shape index (κ2) is 14.8. The molecular formula is C33H45NO2. The molecule has 1 aliphatic carbocycles. The Morgan fingerprint density at radius 1 is 0.917 bits per heavy atom. The van der Waals surface area contributed by atoms with Crippen LogP contribution >= 0.6 is 0 Å². The Morgan fingerprint density at radius 2 is 1.56 bits per heavy atom. The van der Waals surface area contributed by atoms with E-state index in [0.717, 1.165) is 50.5 Å². The predicted octanol–water partition coefficient (Wildman–Crippen LogP) is 8.93. The number of nitrogens with zero attached hydrogens (tertiary/aromatic N) is 1. The number of carbonyl (C=O) groups excluding carboxylic acids is 1. The number of nitriles is 1. The van der Waals surface area contributed by atoms with Crippen LogP contribution in [-0.4, -0.2) is 5.97 Å². The van der Waals surface area contributed by atoms with E-state index in [0.29, 0.717) is 23.1 Å². The Morgan fingerprint density at radius 3 is 2.19 bits per heavy atom. The number of rotatable bonds is 13. The van der Waals surface area contributed by atoms with Gasteiger partial charge in [0.25, 0.3) is 0 Å². The molecule has 3 nitrogen and oxygen atoms in total. The molecule has 0 spiro atoms. The van der Waals surface area contributed by atoms with Crippen molar-refractivity contribution in [2.75, 3.05) is 0 Å². The van der Waals surface area contributed by atoms with Gasteiger partial charge in [0.2, 0.25) is 0 Å². The molecule has 1 fully saturated rings. The third-order valence-corrected chi connectivity index (χ3v) is 7.60. The fourth-order valence-electron chi connectivity index (χ4n) is 5.45. The van der Waals surface area contributed by atoms with Gasteiger partial charge in [-0.3, -0.25) is 4.79 Å². The molecule has 0 amide bonds. The monoisotopic (exact) mass is 487 g/mol. The van der Waals surface area contributed by atoms with E-state index >= 15 is 0 Å². The van der Waals surface area contributed by atoms with Crippen molar-refractivity contribution >= 4 is 5.97 Å². The van der Waals surface area contributed by atoms with Gasteiger partial charge in [0.05, 0.1) is 11.5 Å². The fourth-order valence-corrected chi connectivity index (χ4v) is 5.45. The van der Waals surface area contributed by atoms with Crippen molar-refractivity contribution in [3.63, 3.8) is 0 Å². The molecule has 3 rings (SSSR count). The molecule has 0 heterocycles. The molecule has 0 radical (unpaired) electrons. The second-order valence-electron chi connectivity index (χ2n) is 11.1. The number of hydrogen-bond donors (Lipinski definition) is 0. The lowest BCUT2D eigenvalue weighted by molar-refractivity contribution is -0.140. The van der Waals surface area contributed by atoms with Crippen molar-refractivity contribution in [3.8, 4) is 11.8 Å². The first-order chi connectivity index (χ1) is 17.5. The van der Waals surface area contributed by atoms with Crippen LogP contribution in [0.1, 0.15) is 120 Å². The number of hydrogen-bond acceptors (Lipinski definition) is 3. The molecule has 0 N–H and O–H groups in total. The van der Waals surface area contributed by atoms with Crippen LogP contribution < -0.4 is 4.74 Å². The minimum Gasteiger partial charge on any atom is -0.425 e. The smallest absolute Gasteiger partial charge is 0.314 e. The molecule has 0 bridgehead atoms. The van der Waals surface area contributed by atoms with Crippen LogP contribution in [0.4, 0.5) is 0 Å². The van der Waals surface area contributed by atoms with Gasteiger partial charge in [-0.1, -0.05) is 89.6 Å². The van der Waals surface area contributed by atoms with Crippen LogP contribution in [0.25, 0.3) is 0 Å². The van der Waals surface area contributed by atoms with Gasteiger partial charge >= 0.3 is 5.97 Å². The van der Waals surface area contributed by atoms with Crippen LogP contribution in [0, 0.1) is 23.2 Å². The van der Waals surface area contributed by atoms with E-state index in [1.165, 1.54) is 49.7 Å². The number of aryl methyl sites for hydroxylation is 1. The lowest BCUT2D eigenvalue weighted by Gasteiger charge is -2.27.